The largest absolute Gasteiger partial charge is 0.494 e. The second kappa shape index (κ2) is 15.2. The zero-order valence-electron chi connectivity index (χ0n) is 27.4. The highest BCUT2D eigenvalue weighted by molar-refractivity contribution is 5.91. The molecule has 8 nitrogen and oxygen atoms in total. The van der Waals surface area contributed by atoms with Gasteiger partial charge < -0.3 is 28.6 Å². The fraction of sp³-hybridized carbons (Fsp3) is 0.375. The van der Waals surface area contributed by atoms with Crippen LogP contribution in [-0.2, 0) is 21.0 Å². The Balaban J connectivity index is 0.869. The van der Waals surface area contributed by atoms with Crippen LogP contribution < -0.4 is 19.1 Å². The van der Waals surface area contributed by atoms with E-state index in [-0.39, 0.29) is 5.92 Å². The van der Waals surface area contributed by atoms with E-state index >= 15 is 0 Å². The molecule has 0 saturated carbocycles. The van der Waals surface area contributed by atoms with Crippen LogP contribution in [-0.4, -0.2) is 44.6 Å². The van der Waals surface area contributed by atoms with Crippen molar-refractivity contribution in [1.29, 1.82) is 0 Å². The summed E-state index contributed by atoms with van der Waals surface area (Å²) in [5.74, 6) is 2.44. The van der Waals surface area contributed by atoms with Crippen molar-refractivity contribution in [2.75, 3.05) is 26.4 Å². The number of epoxide rings is 2. The van der Waals surface area contributed by atoms with Crippen molar-refractivity contribution < 1.29 is 38.3 Å². The van der Waals surface area contributed by atoms with Crippen molar-refractivity contribution >= 4 is 5.97 Å². The highest BCUT2D eigenvalue weighted by Crippen LogP contribution is 2.47. The molecule has 0 amide bonds. The summed E-state index contributed by atoms with van der Waals surface area (Å²) in [5, 5.41) is 0. The normalized spacial score (nSPS) is 18.5. The SMILES string of the molecule is CC1c2cc(OOCc3ccc(OCCCCC4CO4)cc3)ccc2-c2ccc(OC(=O)c3ccc(OCCCCC4CO4)cc3)cc21. The predicted molar refractivity (Wildman–Crippen MR) is 181 cm³/mol. The van der Waals surface area contributed by atoms with E-state index in [2.05, 4.69) is 13.0 Å². The molecule has 4 aromatic carbocycles. The van der Waals surface area contributed by atoms with E-state index in [1.165, 1.54) is 0 Å². The lowest BCUT2D eigenvalue weighted by Crippen LogP contribution is -2.09. The van der Waals surface area contributed by atoms with Crippen LogP contribution in [0.2, 0.25) is 0 Å². The van der Waals surface area contributed by atoms with Crippen LogP contribution in [0.15, 0.2) is 84.9 Å². The van der Waals surface area contributed by atoms with Crippen LogP contribution >= 0.6 is 0 Å². The number of carbonyl (C=O) groups excluding carboxylic acids is 1. The Kier molecular flexibility index (Phi) is 10.2. The van der Waals surface area contributed by atoms with Crippen molar-refractivity contribution in [3.05, 3.63) is 107 Å². The third-order valence-electron chi connectivity index (χ3n) is 9.06. The number of fused-ring (bicyclic) bond motifs is 3. The number of unbranched alkanes of at least 4 members (excludes halogenated alkanes) is 2. The highest BCUT2D eigenvalue weighted by Gasteiger charge is 2.27. The number of hydrogen-bond acceptors (Lipinski definition) is 8. The van der Waals surface area contributed by atoms with E-state index in [0.717, 1.165) is 91.1 Å². The van der Waals surface area contributed by atoms with E-state index in [1.54, 1.807) is 12.1 Å². The van der Waals surface area contributed by atoms with Gasteiger partial charge in [0.1, 0.15) is 23.9 Å². The van der Waals surface area contributed by atoms with Gasteiger partial charge in [0.2, 0.25) is 0 Å². The Morgan fingerprint density at radius 3 is 1.77 bits per heavy atom. The van der Waals surface area contributed by atoms with Crippen LogP contribution in [0, 0.1) is 0 Å². The van der Waals surface area contributed by atoms with E-state index in [0.29, 0.717) is 49.1 Å². The molecule has 0 N–H and O–H groups in total. The maximum Gasteiger partial charge on any atom is 0.343 e. The van der Waals surface area contributed by atoms with Gasteiger partial charge in [-0.1, -0.05) is 31.2 Å². The minimum atomic E-state index is -0.404. The smallest absolute Gasteiger partial charge is 0.343 e. The molecule has 250 valence electrons. The molecule has 2 aliphatic heterocycles. The molecule has 0 spiro atoms. The van der Waals surface area contributed by atoms with Gasteiger partial charge in [0.25, 0.3) is 0 Å². The van der Waals surface area contributed by atoms with Gasteiger partial charge in [-0.3, -0.25) is 0 Å². The van der Waals surface area contributed by atoms with Crippen molar-refractivity contribution in [1.82, 2.24) is 0 Å². The van der Waals surface area contributed by atoms with Crippen molar-refractivity contribution in [2.45, 2.75) is 70.2 Å². The molecule has 2 heterocycles. The molecule has 4 aromatic rings. The van der Waals surface area contributed by atoms with Crippen LogP contribution in [0.3, 0.4) is 0 Å². The monoisotopic (exact) mass is 650 g/mol. The minimum absolute atomic E-state index is 0.0972. The minimum Gasteiger partial charge on any atom is -0.494 e. The molecule has 0 bridgehead atoms. The van der Waals surface area contributed by atoms with Crippen molar-refractivity contribution in [2.24, 2.45) is 0 Å². The molecule has 7 rings (SSSR count). The number of ether oxygens (including phenoxy) is 5. The molecule has 0 aromatic heterocycles. The summed E-state index contributed by atoms with van der Waals surface area (Å²) in [4.78, 5) is 24.2. The first-order chi connectivity index (χ1) is 23.6. The molecule has 2 fully saturated rings. The summed E-state index contributed by atoms with van der Waals surface area (Å²) < 4.78 is 27.9. The fourth-order valence-electron chi connectivity index (χ4n) is 6.07. The van der Waals surface area contributed by atoms with E-state index in [4.69, 9.17) is 33.5 Å². The van der Waals surface area contributed by atoms with E-state index < -0.39 is 5.97 Å². The lowest BCUT2D eigenvalue weighted by atomic mass is 9.99. The maximum atomic E-state index is 12.9. The summed E-state index contributed by atoms with van der Waals surface area (Å²) in [6.07, 6.45) is 7.39. The first-order valence-electron chi connectivity index (χ1n) is 17.1. The summed E-state index contributed by atoms with van der Waals surface area (Å²) in [6, 6.07) is 26.8. The molecule has 2 saturated heterocycles. The second-order valence-electron chi connectivity index (χ2n) is 12.7. The Labute approximate surface area is 281 Å². The lowest BCUT2D eigenvalue weighted by Gasteiger charge is -2.11. The number of esters is 1. The van der Waals surface area contributed by atoms with Crippen LogP contribution in [0.5, 0.6) is 23.0 Å². The van der Waals surface area contributed by atoms with E-state index in [9.17, 15) is 4.79 Å². The Bertz CT molecular complexity index is 1670. The number of benzene rings is 4. The van der Waals surface area contributed by atoms with Gasteiger partial charge in [-0.05, 0) is 127 Å². The number of rotatable bonds is 18. The Morgan fingerprint density at radius 2 is 1.19 bits per heavy atom. The van der Waals surface area contributed by atoms with Crippen LogP contribution in [0.4, 0.5) is 0 Å². The molecule has 3 unspecified atom stereocenters. The second-order valence-corrected chi connectivity index (χ2v) is 12.7. The average Bonchev–Trinajstić information content (AvgIpc) is 4.06. The average molecular weight is 651 g/mol. The van der Waals surface area contributed by atoms with Gasteiger partial charge in [0.05, 0.1) is 44.2 Å². The molecule has 3 aliphatic rings. The Hall–Kier alpha value is -4.37. The molecular weight excluding hydrogens is 608 g/mol. The Morgan fingerprint density at radius 1 is 0.667 bits per heavy atom. The molecule has 48 heavy (non-hydrogen) atoms. The molecule has 8 heteroatoms. The van der Waals surface area contributed by atoms with Crippen LogP contribution in [0.1, 0.15) is 78.4 Å². The number of carbonyl (C=O) groups is 1. The highest BCUT2D eigenvalue weighted by atomic mass is 17.2. The topological polar surface area (TPSA) is 88.3 Å². The first kappa shape index (κ1) is 32.2. The summed E-state index contributed by atoms with van der Waals surface area (Å²) >= 11 is 0. The number of hydrogen-bond donors (Lipinski definition) is 0. The lowest BCUT2D eigenvalue weighted by molar-refractivity contribution is -0.217. The van der Waals surface area contributed by atoms with E-state index in [1.807, 2.05) is 66.7 Å². The summed E-state index contributed by atoms with van der Waals surface area (Å²) in [5.41, 5.74) is 5.96. The van der Waals surface area contributed by atoms with Gasteiger partial charge in [-0.25, -0.2) is 4.79 Å². The third-order valence-corrected chi connectivity index (χ3v) is 9.06. The van der Waals surface area contributed by atoms with Gasteiger partial charge in [0.15, 0.2) is 5.75 Å². The molecular formula is C40H42O8. The standard InChI is InChI=1S/C40H42O8/c1-27-38-22-32(47-40(41)29-10-14-31(15-11-29)43-21-5-3-7-35-26-45-35)16-18-36(38)37-19-17-33(23-39(27)37)48-46-24-28-8-12-30(13-9-28)42-20-4-2-6-34-25-44-34/h8-19,22-23,27,34-35H,2-7,20-21,24-26H2,1H3. The first-order valence-corrected chi connectivity index (χ1v) is 17.1. The summed E-state index contributed by atoms with van der Waals surface area (Å²) in [7, 11) is 0. The van der Waals surface area contributed by atoms with Gasteiger partial charge in [-0.2, -0.15) is 4.89 Å². The van der Waals surface area contributed by atoms with Crippen molar-refractivity contribution in [3.8, 4) is 34.1 Å². The van der Waals surface area contributed by atoms with Gasteiger partial charge in [-0.15, -0.1) is 0 Å². The molecule has 0 radical (unpaired) electrons. The molecule has 3 atom stereocenters. The molecule has 1 aliphatic carbocycles. The zero-order chi connectivity index (χ0) is 32.7. The van der Waals surface area contributed by atoms with Crippen LogP contribution in [0.25, 0.3) is 11.1 Å². The van der Waals surface area contributed by atoms with Gasteiger partial charge >= 0.3 is 5.97 Å². The van der Waals surface area contributed by atoms with Gasteiger partial charge in [0, 0.05) is 5.92 Å². The van der Waals surface area contributed by atoms with Crippen molar-refractivity contribution in [3.63, 3.8) is 0 Å². The quantitative estimate of drug-likeness (QED) is 0.0265. The third kappa shape index (κ3) is 8.55. The predicted octanol–water partition coefficient (Wildman–Crippen LogP) is 8.44. The summed E-state index contributed by atoms with van der Waals surface area (Å²) in [6.45, 7) is 5.63. The zero-order valence-corrected chi connectivity index (χ0v) is 27.4. The fourth-order valence-corrected chi connectivity index (χ4v) is 6.07. The maximum absolute atomic E-state index is 12.9.